The van der Waals surface area contributed by atoms with Gasteiger partial charge in [-0.1, -0.05) is 26.8 Å². The van der Waals surface area contributed by atoms with Crippen molar-refractivity contribution in [3.05, 3.63) is 29.3 Å². The van der Waals surface area contributed by atoms with Gasteiger partial charge in [0.15, 0.2) is 0 Å². The van der Waals surface area contributed by atoms with E-state index in [4.69, 9.17) is 5.26 Å². The Morgan fingerprint density at radius 1 is 1.32 bits per heavy atom. The number of nitrogens with one attached hydrogen (secondary N) is 1. The minimum absolute atomic E-state index is 0.0755. The summed E-state index contributed by atoms with van der Waals surface area (Å²) < 4.78 is 27.0. The van der Waals surface area contributed by atoms with Crippen LogP contribution in [0.25, 0.3) is 0 Å². The lowest BCUT2D eigenvalue weighted by atomic mass is 9.93. The maximum Gasteiger partial charge on any atom is 0.240 e. The number of nitriles is 1. The van der Waals surface area contributed by atoms with Crippen molar-refractivity contribution in [2.45, 2.75) is 39.0 Å². The quantitative estimate of drug-likeness (QED) is 0.921. The molecule has 0 aromatic heterocycles. The molecule has 0 saturated carbocycles. The Kier molecular flexibility index (Phi) is 4.72. The first-order valence-electron chi connectivity index (χ1n) is 6.16. The van der Waals surface area contributed by atoms with Crippen LogP contribution in [0.5, 0.6) is 0 Å². The molecule has 0 unspecified atom stereocenters. The largest absolute Gasteiger partial charge is 0.240 e. The highest BCUT2D eigenvalue weighted by Gasteiger charge is 2.18. The molecule has 4 nitrogen and oxygen atoms in total. The third-order valence-electron chi connectivity index (χ3n) is 2.77. The average Bonchev–Trinajstić information content (AvgIpc) is 2.27. The van der Waals surface area contributed by atoms with Gasteiger partial charge in [-0.25, -0.2) is 13.1 Å². The molecule has 0 atom stereocenters. The molecule has 1 aromatic carbocycles. The fourth-order valence-corrected chi connectivity index (χ4v) is 2.90. The van der Waals surface area contributed by atoms with E-state index in [0.717, 1.165) is 6.42 Å². The molecule has 0 heterocycles. The molecule has 0 bridgehead atoms. The molecule has 0 aliphatic heterocycles. The predicted octanol–water partition coefficient (Wildman–Crippen LogP) is 2.58. The van der Waals surface area contributed by atoms with Gasteiger partial charge in [0.1, 0.15) is 0 Å². The van der Waals surface area contributed by atoms with Crippen molar-refractivity contribution in [3.8, 4) is 6.07 Å². The van der Waals surface area contributed by atoms with Crippen LogP contribution in [0.3, 0.4) is 0 Å². The summed E-state index contributed by atoms with van der Waals surface area (Å²) in [7, 11) is -3.55. The van der Waals surface area contributed by atoms with Crippen LogP contribution in [0.15, 0.2) is 23.1 Å². The van der Waals surface area contributed by atoms with E-state index >= 15 is 0 Å². The molecule has 19 heavy (non-hydrogen) atoms. The Bertz CT molecular complexity index is 593. The van der Waals surface area contributed by atoms with Crippen LogP contribution < -0.4 is 4.72 Å². The van der Waals surface area contributed by atoms with Crippen LogP contribution in [0.4, 0.5) is 0 Å². The van der Waals surface area contributed by atoms with Gasteiger partial charge in [0.05, 0.1) is 16.5 Å². The fourth-order valence-electron chi connectivity index (χ4n) is 1.60. The molecule has 0 fully saturated rings. The summed E-state index contributed by atoms with van der Waals surface area (Å²) in [6, 6.07) is 6.63. The SMILES string of the molecule is Cc1ccc(C#N)cc1S(=O)(=O)NCCC(C)(C)C. The van der Waals surface area contributed by atoms with E-state index in [1.807, 2.05) is 6.07 Å². The monoisotopic (exact) mass is 280 g/mol. The first-order valence-corrected chi connectivity index (χ1v) is 7.64. The maximum atomic E-state index is 12.2. The molecule has 104 valence electrons. The molecule has 0 radical (unpaired) electrons. The lowest BCUT2D eigenvalue weighted by Crippen LogP contribution is -2.28. The minimum atomic E-state index is -3.55. The third kappa shape index (κ3) is 4.66. The minimum Gasteiger partial charge on any atom is -0.211 e. The Hall–Kier alpha value is -1.38. The van der Waals surface area contributed by atoms with Gasteiger partial charge in [-0.2, -0.15) is 5.26 Å². The number of hydrogen-bond donors (Lipinski definition) is 1. The van der Waals surface area contributed by atoms with Gasteiger partial charge in [-0.05, 0) is 36.5 Å². The lowest BCUT2D eigenvalue weighted by molar-refractivity contribution is 0.378. The number of hydrogen-bond acceptors (Lipinski definition) is 3. The van der Waals surface area contributed by atoms with Crippen molar-refractivity contribution in [1.29, 1.82) is 5.26 Å². The van der Waals surface area contributed by atoms with Crippen LogP contribution in [-0.2, 0) is 10.0 Å². The highest BCUT2D eigenvalue weighted by molar-refractivity contribution is 7.89. The Balaban J connectivity index is 2.92. The van der Waals surface area contributed by atoms with Gasteiger partial charge in [-0.3, -0.25) is 0 Å². The summed E-state index contributed by atoms with van der Waals surface area (Å²) in [5, 5.41) is 8.84. The second-order valence-electron chi connectivity index (χ2n) is 5.80. The second-order valence-corrected chi connectivity index (χ2v) is 7.54. The second kappa shape index (κ2) is 5.72. The molecule has 5 heteroatoms. The Labute approximate surface area is 115 Å². The van der Waals surface area contributed by atoms with E-state index < -0.39 is 10.0 Å². The summed E-state index contributed by atoms with van der Waals surface area (Å²) in [5.41, 5.74) is 1.07. The summed E-state index contributed by atoms with van der Waals surface area (Å²) in [6.45, 7) is 8.29. The number of aryl methyl sites for hydroxylation is 1. The first-order chi connectivity index (χ1) is 8.65. The highest BCUT2D eigenvalue weighted by atomic mass is 32.2. The first kappa shape index (κ1) is 15.7. The van der Waals surface area contributed by atoms with Crippen LogP contribution in [0.1, 0.15) is 38.3 Å². The van der Waals surface area contributed by atoms with Gasteiger partial charge in [0.2, 0.25) is 10.0 Å². The van der Waals surface area contributed by atoms with E-state index in [9.17, 15) is 8.42 Å². The summed E-state index contributed by atoms with van der Waals surface area (Å²) in [6.07, 6.45) is 0.753. The molecule has 1 rings (SSSR count). The molecule has 1 N–H and O–H groups in total. The van der Waals surface area contributed by atoms with Crippen molar-refractivity contribution in [2.24, 2.45) is 5.41 Å². The zero-order valence-corrected chi connectivity index (χ0v) is 12.6. The van der Waals surface area contributed by atoms with Gasteiger partial charge >= 0.3 is 0 Å². The Morgan fingerprint density at radius 3 is 2.47 bits per heavy atom. The molecule has 0 saturated heterocycles. The third-order valence-corrected chi connectivity index (χ3v) is 4.38. The van der Waals surface area contributed by atoms with E-state index in [1.54, 1.807) is 19.1 Å². The predicted molar refractivity (Wildman–Crippen MR) is 75.2 cm³/mol. The summed E-state index contributed by atoms with van der Waals surface area (Å²) in [4.78, 5) is 0.181. The molecular weight excluding hydrogens is 260 g/mol. The van der Waals surface area contributed by atoms with Gasteiger partial charge in [-0.15, -0.1) is 0 Å². The normalized spacial score (nSPS) is 12.2. The highest BCUT2D eigenvalue weighted by Crippen LogP contribution is 2.19. The Morgan fingerprint density at radius 2 is 1.95 bits per heavy atom. The zero-order chi connectivity index (χ0) is 14.7. The van der Waals surface area contributed by atoms with Crippen LogP contribution in [-0.4, -0.2) is 15.0 Å². The number of benzene rings is 1. The molecule has 0 spiro atoms. The van der Waals surface area contributed by atoms with Crippen LogP contribution in [0.2, 0.25) is 0 Å². The molecular formula is C14H20N2O2S. The number of sulfonamides is 1. The number of nitrogens with zero attached hydrogens (tertiary/aromatic N) is 1. The lowest BCUT2D eigenvalue weighted by Gasteiger charge is -2.18. The molecule has 1 aromatic rings. The van der Waals surface area contributed by atoms with Crippen molar-refractivity contribution in [2.75, 3.05) is 6.54 Å². The van der Waals surface area contributed by atoms with Gasteiger partial charge in [0.25, 0.3) is 0 Å². The van der Waals surface area contributed by atoms with E-state index in [0.29, 0.717) is 17.7 Å². The average molecular weight is 280 g/mol. The summed E-state index contributed by atoms with van der Waals surface area (Å²) in [5.74, 6) is 0. The smallest absolute Gasteiger partial charge is 0.211 e. The summed E-state index contributed by atoms with van der Waals surface area (Å²) >= 11 is 0. The fraction of sp³-hybridized carbons (Fsp3) is 0.500. The maximum absolute atomic E-state index is 12.2. The zero-order valence-electron chi connectivity index (χ0n) is 11.8. The van der Waals surface area contributed by atoms with Gasteiger partial charge in [0, 0.05) is 6.54 Å². The van der Waals surface area contributed by atoms with Crippen LogP contribution >= 0.6 is 0 Å². The molecule has 0 aliphatic carbocycles. The van der Waals surface area contributed by atoms with Gasteiger partial charge < -0.3 is 0 Å². The number of rotatable bonds is 4. The van der Waals surface area contributed by atoms with E-state index in [1.165, 1.54) is 6.07 Å². The molecule has 0 aliphatic rings. The standard InChI is InChI=1S/C14H20N2O2S/c1-11-5-6-12(10-15)9-13(11)19(17,18)16-8-7-14(2,3)4/h5-6,9,16H,7-8H2,1-4H3. The topological polar surface area (TPSA) is 70.0 Å². The van der Waals surface area contributed by atoms with Crippen molar-refractivity contribution >= 4 is 10.0 Å². The molecule has 0 amide bonds. The van der Waals surface area contributed by atoms with Crippen molar-refractivity contribution in [1.82, 2.24) is 4.72 Å². The van der Waals surface area contributed by atoms with Crippen LogP contribution in [0, 0.1) is 23.7 Å². The van der Waals surface area contributed by atoms with E-state index in [2.05, 4.69) is 25.5 Å². The van der Waals surface area contributed by atoms with Crippen molar-refractivity contribution < 1.29 is 8.42 Å². The van der Waals surface area contributed by atoms with Crippen molar-refractivity contribution in [3.63, 3.8) is 0 Å². The van der Waals surface area contributed by atoms with E-state index in [-0.39, 0.29) is 10.3 Å².